The molecule has 0 radical (unpaired) electrons. The minimum Gasteiger partial charge on any atom is -0.344 e. The van der Waals surface area contributed by atoms with Gasteiger partial charge in [0.15, 0.2) is 5.79 Å². The van der Waals surface area contributed by atoms with E-state index in [1.165, 1.54) is 0 Å². The minimum absolute atomic E-state index is 0.220. The second kappa shape index (κ2) is 2.95. The van der Waals surface area contributed by atoms with Crippen molar-refractivity contribution >= 4 is 22.6 Å². The summed E-state index contributed by atoms with van der Waals surface area (Å²) < 4.78 is 11.3. The van der Waals surface area contributed by atoms with Crippen LogP contribution >= 0.6 is 22.6 Å². The first kappa shape index (κ1) is 8.74. The lowest BCUT2D eigenvalue weighted by molar-refractivity contribution is -0.139. The molecule has 2 atom stereocenters. The van der Waals surface area contributed by atoms with Gasteiger partial charge in [0.25, 0.3) is 0 Å². The Labute approximate surface area is 75.4 Å². The molecule has 0 aromatic carbocycles. The molecule has 1 fully saturated rings. The molecular formula is C7H13IO2. The monoisotopic (exact) mass is 256 g/mol. The summed E-state index contributed by atoms with van der Waals surface area (Å²) in [7, 11) is 0. The van der Waals surface area contributed by atoms with Crippen LogP contribution in [0.25, 0.3) is 0 Å². The number of rotatable bonds is 1. The first-order chi connectivity index (χ1) is 4.55. The Morgan fingerprint density at radius 1 is 1.40 bits per heavy atom. The molecular weight excluding hydrogens is 243 g/mol. The second-order valence-electron chi connectivity index (χ2n) is 2.93. The van der Waals surface area contributed by atoms with Gasteiger partial charge >= 0.3 is 0 Å². The van der Waals surface area contributed by atoms with Crippen molar-refractivity contribution in [3.05, 3.63) is 0 Å². The van der Waals surface area contributed by atoms with E-state index in [0.29, 0.717) is 0 Å². The van der Waals surface area contributed by atoms with Crippen LogP contribution in [0.4, 0.5) is 0 Å². The summed E-state index contributed by atoms with van der Waals surface area (Å²) in [6.45, 7) is 6.02. The Balaban J connectivity index is 2.52. The van der Waals surface area contributed by atoms with E-state index in [4.69, 9.17) is 9.47 Å². The lowest BCUT2D eigenvalue weighted by Crippen LogP contribution is -2.21. The van der Waals surface area contributed by atoms with Gasteiger partial charge in [0, 0.05) is 0 Å². The van der Waals surface area contributed by atoms with Gasteiger partial charge < -0.3 is 9.47 Å². The van der Waals surface area contributed by atoms with E-state index in [2.05, 4.69) is 29.5 Å². The molecule has 0 bridgehead atoms. The van der Waals surface area contributed by atoms with Crippen LogP contribution < -0.4 is 0 Å². The van der Waals surface area contributed by atoms with Gasteiger partial charge in [-0.15, -0.1) is 0 Å². The molecule has 2 nitrogen and oxygen atoms in total. The molecule has 3 heteroatoms. The Morgan fingerprint density at radius 2 is 2.00 bits per heavy atom. The summed E-state index contributed by atoms with van der Waals surface area (Å²) in [5, 5.41) is 0. The van der Waals surface area contributed by atoms with Crippen LogP contribution in [0.15, 0.2) is 0 Å². The van der Waals surface area contributed by atoms with Crippen LogP contribution in [0.2, 0.25) is 0 Å². The van der Waals surface area contributed by atoms with Crippen molar-refractivity contribution in [2.24, 2.45) is 0 Å². The Hall–Kier alpha value is 0.650. The molecule has 0 saturated carbocycles. The second-order valence-corrected chi connectivity index (χ2v) is 4.16. The van der Waals surface area contributed by atoms with Crippen LogP contribution in [-0.2, 0) is 9.47 Å². The summed E-state index contributed by atoms with van der Waals surface area (Å²) >= 11 is 2.27. The van der Waals surface area contributed by atoms with Crippen molar-refractivity contribution in [2.75, 3.05) is 0 Å². The first-order valence-electron chi connectivity index (χ1n) is 3.55. The third-order valence-corrected chi connectivity index (χ3v) is 2.58. The van der Waals surface area contributed by atoms with Crippen LogP contribution in [0, 0.1) is 0 Å². The van der Waals surface area contributed by atoms with Crippen LogP contribution in [-0.4, -0.2) is 16.0 Å². The van der Waals surface area contributed by atoms with Crippen molar-refractivity contribution < 1.29 is 9.47 Å². The van der Waals surface area contributed by atoms with E-state index >= 15 is 0 Å². The summed E-state index contributed by atoms with van der Waals surface area (Å²) in [5.74, 6) is -0.369. The summed E-state index contributed by atoms with van der Waals surface area (Å²) in [5.41, 5.74) is 0. The molecule has 0 aliphatic carbocycles. The molecule has 1 aliphatic heterocycles. The van der Waals surface area contributed by atoms with Crippen LogP contribution in [0.3, 0.4) is 0 Å². The molecule has 2 unspecified atom stereocenters. The topological polar surface area (TPSA) is 18.5 Å². The minimum atomic E-state index is -0.369. The normalized spacial score (nSPS) is 38.4. The predicted molar refractivity (Wildman–Crippen MR) is 48.1 cm³/mol. The van der Waals surface area contributed by atoms with E-state index in [0.717, 1.165) is 6.42 Å². The van der Waals surface area contributed by atoms with Crippen molar-refractivity contribution in [1.82, 2.24) is 0 Å². The lowest BCUT2D eigenvalue weighted by atomic mass is 10.3. The molecule has 0 amide bonds. The van der Waals surface area contributed by atoms with Gasteiger partial charge in [0.1, 0.15) is 4.11 Å². The van der Waals surface area contributed by atoms with Crippen LogP contribution in [0.5, 0.6) is 0 Å². The van der Waals surface area contributed by atoms with Gasteiger partial charge in [-0.1, -0.05) is 6.92 Å². The number of ether oxygens (including phenoxy) is 2. The molecule has 0 spiro atoms. The maximum Gasteiger partial charge on any atom is 0.164 e. The molecule has 60 valence electrons. The van der Waals surface area contributed by atoms with Gasteiger partial charge in [-0.25, -0.2) is 0 Å². The van der Waals surface area contributed by atoms with E-state index in [1.807, 2.05) is 13.8 Å². The van der Waals surface area contributed by atoms with Crippen LogP contribution in [0.1, 0.15) is 27.2 Å². The zero-order chi connectivity index (χ0) is 7.78. The van der Waals surface area contributed by atoms with Gasteiger partial charge in [-0.3, -0.25) is 0 Å². The third-order valence-electron chi connectivity index (χ3n) is 1.53. The van der Waals surface area contributed by atoms with Crippen molar-refractivity contribution in [3.8, 4) is 0 Å². The Morgan fingerprint density at radius 3 is 2.20 bits per heavy atom. The maximum atomic E-state index is 5.58. The third kappa shape index (κ3) is 1.83. The smallest absolute Gasteiger partial charge is 0.164 e. The number of hydrogen-bond acceptors (Lipinski definition) is 2. The molecule has 1 saturated heterocycles. The predicted octanol–water partition coefficient (Wildman–Crippen LogP) is 2.31. The molecule has 0 aromatic rings. The first-order valence-corrected chi connectivity index (χ1v) is 4.79. The van der Waals surface area contributed by atoms with E-state index in [-0.39, 0.29) is 16.0 Å². The van der Waals surface area contributed by atoms with E-state index in [9.17, 15) is 0 Å². The SMILES string of the molecule is CCC1OC(C)(C)OC1I. The van der Waals surface area contributed by atoms with Gasteiger partial charge in [0.2, 0.25) is 0 Å². The highest BCUT2D eigenvalue weighted by atomic mass is 127. The molecule has 0 N–H and O–H groups in total. The summed E-state index contributed by atoms with van der Waals surface area (Å²) in [6, 6.07) is 0. The van der Waals surface area contributed by atoms with Crippen molar-refractivity contribution in [1.29, 1.82) is 0 Å². The highest BCUT2D eigenvalue weighted by molar-refractivity contribution is 14.1. The Bertz CT molecular complexity index is 125. The molecule has 0 aromatic heterocycles. The fraction of sp³-hybridized carbons (Fsp3) is 1.00. The molecule has 1 heterocycles. The molecule has 10 heavy (non-hydrogen) atoms. The highest BCUT2D eigenvalue weighted by Crippen LogP contribution is 2.32. The standard InChI is InChI=1S/C7H13IO2/c1-4-5-6(8)10-7(2,3)9-5/h5-6H,4H2,1-3H3. The van der Waals surface area contributed by atoms with E-state index < -0.39 is 0 Å². The Kier molecular flexibility index (Phi) is 2.58. The lowest BCUT2D eigenvalue weighted by Gasteiger charge is -2.15. The average molecular weight is 256 g/mol. The maximum absolute atomic E-state index is 5.58. The van der Waals surface area contributed by atoms with Crippen molar-refractivity contribution in [3.63, 3.8) is 0 Å². The number of hydrogen-bond donors (Lipinski definition) is 0. The fourth-order valence-electron chi connectivity index (χ4n) is 1.06. The van der Waals surface area contributed by atoms with E-state index in [1.54, 1.807) is 0 Å². The van der Waals surface area contributed by atoms with Gasteiger partial charge in [-0.2, -0.15) is 0 Å². The molecule has 1 aliphatic rings. The largest absolute Gasteiger partial charge is 0.344 e. The quantitative estimate of drug-likeness (QED) is 0.529. The van der Waals surface area contributed by atoms with Gasteiger partial charge in [-0.05, 0) is 42.9 Å². The number of alkyl halides is 1. The average Bonchev–Trinajstić information content (AvgIpc) is 2.05. The zero-order valence-corrected chi connectivity index (χ0v) is 8.71. The summed E-state index contributed by atoms with van der Waals surface area (Å²) in [6.07, 6.45) is 1.30. The van der Waals surface area contributed by atoms with Crippen molar-refractivity contribution in [2.45, 2.75) is 43.2 Å². The zero-order valence-electron chi connectivity index (χ0n) is 6.56. The van der Waals surface area contributed by atoms with Gasteiger partial charge in [0.05, 0.1) is 6.10 Å². The number of halogens is 1. The fourth-order valence-corrected chi connectivity index (χ4v) is 2.33. The highest BCUT2D eigenvalue weighted by Gasteiger charge is 2.38. The summed E-state index contributed by atoms with van der Waals surface area (Å²) in [4.78, 5) is 0. The molecule has 1 rings (SSSR count).